The monoisotopic (exact) mass is 405 g/mol. The van der Waals surface area contributed by atoms with Gasteiger partial charge in [-0.1, -0.05) is 11.6 Å². The predicted octanol–water partition coefficient (Wildman–Crippen LogP) is 5.26. The molecule has 0 saturated carbocycles. The van der Waals surface area contributed by atoms with Gasteiger partial charge >= 0.3 is 0 Å². The number of halogens is 4. The molecule has 0 heterocycles. The highest BCUT2D eigenvalue weighted by Gasteiger charge is 2.09. The first-order valence-corrected chi connectivity index (χ1v) is 7.15. The first kappa shape index (κ1) is 14.5. The van der Waals surface area contributed by atoms with Crippen molar-refractivity contribution < 1.29 is 9.18 Å². The molecular weight excluding hydrogens is 400 g/mol. The van der Waals surface area contributed by atoms with Gasteiger partial charge in [0.2, 0.25) is 0 Å². The molecule has 1 N–H and O–H groups in total. The molecule has 0 bridgehead atoms. The quantitative estimate of drug-likeness (QED) is 0.723. The normalized spacial score (nSPS) is 10.3. The van der Waals surface area contributed by atoms with Crippen molar-refractivity contribution in [1.29, 1.82) is 0 Å². The van der Waals surface area contributed by atoms with Crippen LogP contribution in [-0.4, -0.2) is 5.91 Å². The van der Waals surface area contributed by atoms with Gasteiger partial charge in [-0.2, -0.15) is 0 Å². The maximum Gasteiger partial charge on any atom is 0.255 e. The van der Waals surface area contributed by atoms with E-state index in [4.69, 9.17) is 11.6 Å². The highest BCUT2D eigenvalue weighted by atomic mass is 79.9. The van der Waals surface area contributed by atoms with Crippen molar-refractivity contribution in [3.05, 3.63) is 61.7 Å². The summed E-state index contributed by atoms with van der Waals surface area (Å²) in [6, 6.07) is 9.14. The number of nitrogens with one attached hydrogen (secondary N) is 1. The Kier molecular flexibility index (Phi) is 4.60. The zero-order valence-corrected chi connectivity index (χ0v) is 13.3. The van der Waals surface area contributed by atoms with E-state index in [9.17, 15) is 9.18 Å². The van der Waals surface area contributed by atoms with Gasteiger partial charge in [0, 0.05) is 15.7 Å². The summed E-state index contributed by atoms with van der Waals surface area (Å²) in [7, 11) is 0. The van der Waals surface area contributed by atoms with Crippen LogP contribution < -0.4 is 5.32 Å². The fraction of sp³-hybridized carbons (Fsp3) is 0. The Hall–Kier alpha value is -0.910. The standard InChI is InChI=1S/C13H7Br2ClFNO/c14-9-3-1-7(5-11(9)16)13(19)18-8-2-4-12(17)10(15)6-8/h1-6H,(H,18,19). The molecule has 1 amide bonds. The molecule has 6 heteroatoms. The Balaban J connectivity index is 2.20. The van der Waals surface area contributed by atoms with Crippen LogP contribution in [0.5, 0.6) is 0 Å². The lowest BCUT2D eigenvalue weighted by atomic mass is 10.2. The summed E-state index contributed by atoms with van der Waals surface area (Å²) < 4.78 is 14.1. The van der Waals surface area contributed by atoms with E-state index >= 15 is 0 Å². The molecule has 0 unspecified atom stereocenters. The largest absolute Gasteiger partial charge is 0.322 e. The smallest absolute Gasteiger partial charge is 0.255 e. The molecule has 98 valence electrons. The molecule has 0 saturated heterocycles. The van der Waals surface area contributed by atoms with Crippen molar-refractivity contribution in [2.45, 2.75) is 0 Å². The van der Waals surface area contributed by atoms with Gasteiger partial charge in [0.05, 0.1) is 9.50 Å². The first-order chi connectivity index (χ1) is 8.97. The maximum atomic E-state index is 13.1. The third kappa shape index (κ3) is 3.55. The molecular formula is C13H7Br2ClFNO. The maximum absolute atomic E-state index is 13.1. The Bertz CT molecular complexity index is 649. The minimum Gasteiger partial charge on any atom is -0.322 e. The second kappa shape index (κ2) is 6.03. The number of rotatable bonds is 2. The molecule has 0 aliphatic heterocycles. The van der Waals surface area contributed by atoms with Crippen LogP contribution in [0.3, 0.4) is 0 Å². The Morgan fingerprint density at radius 1 is 1.11 bits per heavy atom. The van der Waals surface area contributed by atoms with Crippen LogP contribution in [0.15, 0.2) is 45.3 Å². The van der Waals surface area contributed by atoms with E-state index < -0.39 is 0 Å². The third-order valence-electron chi connectivity index (χ3n) is 2.36. The van der Waals surface area contributed by atoms with Crippen LogP contribution in [0.2, 0.25) is 5.02 Å². The van der Waals surface area contributed by atoms with E-state index in [1.807, 2.05) is 0 Å². The average molecular weight is 407 g/mol. The lowest BCUT2D eigenvalue weighted by Gasteiger charge is -2.07. The van der Waals surface area contributed by atoms with Crippen molar-refractivity contribution in [1.82, 2.24) is 0 Å². The molecule has 0 fully saturated rings. The Morgan fingerprint density at radius 2 is 1.84 bits per heavy atom. The van der Waals surface area contributed by atoms with Crippen molar-refractivity contribution in [2.24, 2.45) is 0 Å². The first-order valence-electron chi connectivity index (χ1n) is 5.19. The average Bonchev–Trinajstić information content (AvgIpc) is 2.37. The van der Waals surface area contributed by atoms with E-state index in [0.717, 1.165) is 4.47 Å². The van der Waals surface area contributed by atoms with Crippen LogP contribution >= 0.6 is 43.5 Å². The molecule has 2 aromatic rings. The van der Waals surface area contributed by atoms with Gasteiger partial charge < -0.3 is 5.32 Å². The highest BCUT2D eigenvalue weighted by molar-refractivity contribution is 9.10. The summed E-state index contributed by atoms with van der Waals surface area (Å²) in [5.41, 5.74) is 0.922. The van der Waals surface area contributed by atoms with E-state index in [1.54, 1.807) is 18.2 Å². The summed E-state index contributed by atoms with van der Waals surface area (Å²) in [5.74, 6) is -0.697. The topological polar surface area (TPSA) is 29.1 Å². The van der Waals surface area contributed by atoms with Crippen LogP contribution in [-0.2, 0) is 0 Å². The van der Waals surface area contributed by atoms with Gasteiger partial charge in [-0.15, -0.1) is 0 Å². The lowest BCUT2D eigenvalue weighted by molar-refractivity contribution is 0.102. The van der Waals surface area contributed by atoms with E-state index in [-0.39, 0.29) is 11.7 Å². The van der Waals surface area contributed by atoms with Gasteiger partial charge in [-0.25, -0.2) is 4.39 Å². The fourth-order valence-electron chi connectivity index (χ4n) is 1.41. The fourth-order valence-corrected chi connectivity index (χ4v) is 2.22. The molecule has 0 aromatic heterocycles. The number of benzene rings is 2. The molecule has 0 aliphatic carbocycles. The van der Waals surface area contributed by atoms with Crippen LogP contribution in [0.25, 0.3) is 0 Å². The zero-order chi connectivity index (χ0) is 14.0. The van der Waals surface area contributed by atoms with E-state index in [1.165, 1.54) is 18.2 Å². The Labute approximate surface area is 131 Å². The zero-order valence-electron chi connectivity index (χ0n) is 9.38. The minimum atomic E-state index is -0.385. The summed E-state index contributed by atoms with van der Waals surface area (Å²) in [6.07, 6.45) is 0. The summed E-state index contributed by atoms with van der Waals surface area (Å²) >= 11 is 12.2. The molecule has 0 atom stereocenters. The molecule has 0 radical (unpaired) electrons. The summed E-state index contributed by atoms with van der Waals surface area (Å²) in [4.78, 5) is 12.0. The van der Waals surface area contributed by atoms with Gasteiger partial charge in [0.25, 0.3) is 5.91 Å². The third-order valence-corrected chi connectivity index (χ3v) is 4.20. The molecule has 0 spiro atoms. The van der Waals surface area contributed by atoms with Crippen molar-refractivity contribution in [2.75, 3.05) is 5.32 Å². The van der Waals surface area contributed by atoms with Crippen LogP contribution in [0.4, 0.5) is 10.1 Å². The van der Waals surface area contributed by atoms with Crippen LogP contribution in [0, 0.1) is 5.82 Å². The molecule has 2 aromatic carbocycles. The van der Waals surface area contributed by atoms with Crippen molar-refractivity contribution in [3.63, 3.8) is 0 Å². The van der Waals surface area contributed by atoms with Crippen molar-refractivity contribution in [3.8, 4) is 0 Å². The number of hydrogen-bond donors (Lipinski definition) is 1. The van der Waals surface area contributed by atoms with Gasteiger partial charge in [0.1, 0.15) is 5.82 Å². The molecule has 2 rings (SSSR count). The number of carbonyl (C=O) groups is 1. The van der Waals surface area contributed by atoms with Gasteiger partial charge in [0.15, 0.2) is 0 Å². The summed E-state index contributed by atoms with van der Waals surface area (Å²) in [5, 5.41) is 3.12. The molecule has 2 nitrogen and oxygen atoms in total. The minimum absolute atomic E-state index is 0.291. The second-order valence-corrected chi connectivity index (χ2v) is 5.83. The number of anilines is 1. The van der Waals surface area contributed by atoms with Crippen LogP contribution in [0.1, 0.15) is 10.4 Å². The highest BCUT2D eigenvalue weighted by Crippen LogP contribution is 2.24. The number of carbonyl (C=O) groups excluding carboxylic acids is 1. The second-order valence-electron chi connectivity index (χ2n) is 3.71. The van der Waals surface area contributed by atoms with E-state index in [2.05, 4.69) is 37.2 Å². The Morgan fingerprint density at radius 3 is 2.47 bits per heavy atom. The molecule has 19 heavy (non-hydrogen) atoms. The van der Waals surface area contributed by atoms with Gasteiger partial charge in [-0.05, 0) is 68.3 Å². The van der Waals surface area contributed by atoms with Crippen molar-refractivity contribution >= 4 is 55.1 Å². The summed E-state index contributed by atoms with van der Waals surface area (Å²) in [6.45, 7) is 0. The number of amides is 1. The number of hydrogen-bond acceptors (Lipinski definition) is 1. The molecule has 0 aliphatic rings. The van der Waals surface area contributed by atoms with E-state index in [0.29, 0.717) is 20.7 Å². The van der Waals surface area contributed by atoms with Gasteiger partial charge in [-0.3, -0.25) is 4.79 Å². The predicted molar refractivity (Wildman–Crippen MR) is 81.2 cm³/mol. The SMILES string of the molecule is O=C(Nc1ccc(F)c(Br)c1)c1ccc(Br)c(Cl)c1. The lowest BCUT2D eigenvalue weighted by Crippen LogP contribution is -2.11.